The van der Waals surface area contributed by atoms with Gasteiger partial charge in [-0.3, -0.25) is 9.78 Å². The molecule has 4 rings (SSSR count). The van der Waals surface area contributed by atoms with Crippen molar-refractivity contribution in [1.29, 1.82) is 0 Å². The number of hydrogen-bond donors (Lipinski definition) is 2. The first-order valence-electron chi connectivity index (χ1n) is 10.6. The lowest BCUT2D eigenvalue weighted by atomic mass is 10.0. The van der Waals surface area contributed by atoms with Crippen LogP contribution in [0.4, 0.5) is 8.78 Å². The summed E-state index contributed by atoms with van der Waals surface area (Å²) < 4.78 is 38.6. The summed E-state index contributed by atoms with van der Waals surface area (Å²) >= 11 is 0. The van der Waals surface area contributed by atoms with Crippen molar-refractivity contribution in [1.82, 2.24) is 10.3 Å². The van der Waals surface area contributed by atoms with E-state index in [4.69, 9.17) is 4.74 Å². The number of aliphatic hydroxyl groups is 1. The number of amides is 1. The fourth-order valence-electron chi connectivity index (χ4n) is 3.49. The summed E-state index contributed by atoms with van der Waals surface area (Å²) in [5.41, 5.74) is 2.35. The molecular weight excluding hydrogens is 430 g/mol. The Balaban J connectivity index is 1.59. The van der Waals surface area contributed by atoms with Crippen molar-refractivity contribution < 1.29 is 28.2 Å². The quantitative estimate of drug-likeness (QED) is 0.505. The van der Waals surface area contributed by atoms with Crippen LogP contribution in [0, 0.1) is 17.6 Å². The molecule has 6 nitrogen and oxygen atoms in total. The van der Waals surface area contributed by atoms with Crippen LogP contribution in [-0.2, 0) is 13.2 Å². The maximum absolute atomic E-state index is 14.0. The van der Waals surface area contributed by atoms with Crippen LogP contribution in [0.25, 0.3) is 11.3 Å². The monoisotopic (exact) mass is 454 g/mol. The van der Waals surface area contributed by atoms with E-state index in [9.17, 15) is 18.7 Å². The molecule has 1 saturated carbocycles. The molecule has 0 atom stereocenters. The minimum absolute atomic E-state index is 0.0889. The van der Waals surface area contributed by atoms with E-state index in [0.717, 1.165) is 25.0 Å². The Hall–Kier alpha value is -3.52. The number of aliphatic hydroxyl groups excluding tert-OH is 1. The number of nitrogens with one attached hydrogen (secondary N) is 1. The Morgan fingerprint density at radius 3 is 2.61 bits per heavy atom. The van der Waals surface area contributed by atoms with E-state index in [0.29, 0.717) is 35.1 Å². The smallest absolute Gasteiger partial charge is 0.255 e. The highest BCUT2D eigenvalue weighted by Gasteiger charge is 2.24. The molecule has 0 spiro atoms. The molecule has 1 fully saturated rings. The zero-order valence-electron chi connectivity index (χ0n) is 18.1. The summed E-state index contributed by atoms with van der Waals surface area (Å²) in [6.45, 7) is 0.230. The fraction of sp³-hybridized carbons (Fsp3) is 0.280. The second-order valence-corrected chi connectivity index (χ2v) is 7.91. The van der Waals surface area contributed by atoms with Crippen LogP contribution in [0.3, 0.4) is 0 Å². The molecule has 1 heterocycles. The summed E-state index contributed by atoms with van der Waals surface area (Å²) in [6, 6.07) is 10.8. The predicted octanol–water partition coefficient (Wildman–Crippen LogP) is 4.25. The molecule has 3 aromatic rings. The van der Waals surface area contributed by atoms with Crippen LogP contribution in [0.2, 0.25) is 0 Å². The minimum atomic E-state index is -0.844. The van der Waals surface area contributed by atoms with E-state index in [2.05, 4.69) is 15.0 Å². The van der Waals surface area contributed by atoms with Gasteiger partial charge in [-0.25, -0.2) is 8.78 Å². The van der Waals surface area contributed by atoms with Crippen molar-refractivity contribution in [3.8, 4) is 22.8 Å². The summed E-state index contributed by atoms with van der Waals surface area (Å²) in [7, 11) is 1.18. The van der Waals surface area contributed by atoms with Gasteiger partial charge in [0.1, 0.15) is 5.75 Å². The van der Waals surface area contributed by atoms with Crippen molar-refractivity contribution in [2.75, 3.05) is 13.7 Å². The molecule has 0 unspecified atom stereocenters. The van der Waals surface area contributed by atoms with E-state index in [-0.39, 0.29) is 24.3 Å². The molecule has 1 aromatic heterocycles. The Labute approximate surface area is 190 Å². The first kappa shape index (κ1) is 22.7. The van der Waals surface area contributed by atoms with Crippen LogP contribution >= 0.6 is 0 Å². The number of pyridine rings is 1. The van der Waals surface area contributed by atoms with Gasteiger partial charge in [-0.15, -0.1) is 0 Å². The Morgan fingerprint density at radius 1 is 1.18 bits per heavy atom. The fourth-order valence-corrected chi connectivity index (χ4v) is 3.49. The highest BCUT2D eigenvalue weighted by Crippen LogP contribution is 2.32. The van der Waals surface area contributed by atoms with Gasteiger partial charge in [-0.1, -0.05) is 6.07 Å². The lowest BCUT2D eigenvalue weighted by molar-refractivity contribution is 0.0946. The van der Waals surface area contributed by atoms with E-state index >= 15 is 0 Å². The number of rotatable bonds is 9. The molecule has 0 bridgehead atoms. The number of halogens is 2. The standard InChI is InChI=1S/C25H24F2N2O4/c1-32-24-20(26)9-16(10-21(24)27)12-29-25(31)19-11-17(23-18(13-30)3-2-8-28-23)6-7-22(19)33-14-15-4-5-15/h2-3,6-11,15,30H,4-5,12-14H2,1H3,(H,29,31). The van der Waals surface area contributed by atoms with E-state index in [1.165, 1.54) is 7.11 Å². The predicted molar refractivity (Wildman–Crippen MR) is 118 cm³/mol. The number of aromatic nitrogens is 1. The van der Waals surface area contributed by atoms with Gasteiger partial charge in [0, 0.05) is 23.9 Å². The third-order valence-corrected chi connectivity index (χ3v) is 5.45. The van der Waals surface area contributed by atoms with Crippen molar-refractivity contribution in [2.45, 2.75) is 26.0 Å². The molecule has 1 amide bonds. The number of nitrogens with zero attached hydrogens (tertiary/aromatic N) is 1. The zero-order valence-corrected chi connectivity index (χ0v) is 18.1. The van der Waals surface area contributed by atoms with Gasteiger partial charge >= 0.3 is 0 Å². The van der Waals surface area contributed by atoms with Crippen LogP contribution in [0.5, 0.6) is 11.5 Å². The molecule has 172 valence electrons. The zero-order chi connectivity index (χ0) is 23.4. The maximum Gasteiger partial charge on any atom is 0.255 e. The lowest BCUT2D eigenvalue weighted by Gasteiger charge is -2.14. The van der Waals surface area contributed by atoms with E-state index in [1.54, 1.807) is 36.5 Å². The van der Waals surface area contributed by atoms with Gasteiger partial charge in [0.2, 0.25) is 0 Å². The van der Waals surface area contributed by atoms with Gasteiger partial charge in [0.25, 0.3) is 5.91 Å². The highest BCUT2D eigenvalue weighted by molar-refractivity contribution is 5.98. The Morgan fingerprint density at radius 2 is 1.94 bits per heavy atom. The van der Waals surface area contributed by atoms with E-state index < -0.39 is 23.3 Å². The van der Waals surface area contributed by atoms with Crippen molar-refractivity contribution in [3.63, 3.8) is 0 Å². The molecule has 8 heteroatoms. The molecule has 2 aromatic carbocycles. The third kappa shape index (κ3) is 5.28. The van der Waals surface area contributed by atoms with Gasteiger partial charge < -0.3 is 19.9 Å². The Bertz CT molecular complexity index is 1140. The van der Waals surface area contributed by atoms with Gasteiger partial charge in [0.05, 0.1) is 31.6 Å². The third-order valence-electron chi connectivity index (χ3n) is 5.45. The number of carbonyl (C=O) groups is 1. The van der Waals surface area contributed by atoms with Crippen molar-refractivity contribution in [3.05, 3.63) is 77.0 Å². The van der Waals surface area contributed by atoms with Crippen LogP contribution in [0.1, 0.15) is 34.3 Å². The first-order valence-corrected chi connectivity index (χ1v) is 10.6. The van der Waals surface area contributed by atoms with Gasteiger partial charge in [0.15, 0.2) is 17.4 Å². The first-order chi connectivity index (χ1) is 16.0. The molecule has 0 radical (unpaired) electrons. The number of methoxy groups -OCH3 is 1. The molecule has 1 aliphatic rings. The van der Waals surface area contributed by atoms with Crippen molar-refractivity contribution in [2.24, 2.45) is 5.92 Å². The number of benzene rings is 2. The van der Waals surface area contributed by atoms with Crippen LogP contribution < -0.4 is 14.8 Å². The minimum Gasteiger partial charge on any atom is -0.492 e. The van der Waals surface area contributed by atoms with Gasteiger partial charge in [-0.05, 0) is 60.7 Å². The number of ether oxygens (including phenoxy) is 2. The second kappa shape index (κ2) is 9.95. The Kier molecular flexibility index (Phi) is 6.84. The molecule has 2 N–H and O–H groups in total. The molecule has 0 aliphatic heterocycles. The van der Waals surface area contributed by atoms with Gasteiger partial charge in [-0.2, -0.15) is 0 Å². The van der Waals surface area contributed by atoms with Crippen LogP contribution in [0.15, 0.2) is 48.7 Å². The average Bonchev–Trinajstić information content (AvgIpc) is 3.65. The molecule has 0 saturated heterocycles. The summed E-state index contributed by atoms with van der Waals surface area (Å²) in [6.07, 6.45) is 3.81. The second-order valence-electron chi connectivity index (χ2n) is 7.91. The average molecular weight is 454 g/mol. The topological polar surface area (TPSA) is 80.7 Å². The lowest BCUT2D eigenvalue weighted by Crippen LogP contribution is -2.24. The SMILES string of the molecule is COc1c(F)cc(CNC(=O)c2cc(-c3ncccc3CO)ccc2OCC2CC2)cc1F. The van der Waals surface area contributed by atoms with E-state index in [1.807, 2.05) is 0 Å². The summed E-state index contributed by atoms with van der Waals surface area (Å²) in [5, 5.41) is 12.3. The maximum atomic E-state index is 14.0. The van der Waals surface area contributed by atoms with Crippen molar-refractivity contribution >= 4 is 5.91 Å². The summed E-state index contributed by atoms with van der Waals surface area (Å²) in [4.78, 5) is 17.4. The molecular formula is C25H24F2N2O4. The normalized spacial score (nSPS) is 13.0. The molecule has 33 heavy (non-hydrogen) atoms. The highest BCUT2D eigenvalue weighted by atomic mass is 19.1. The number of carbonyl (C=O) groups excluding carboxylic acids is 1. The largest absolute Gasteiger partial charge is 0.492 e. The molecule has 1 aliphatic carbocycles. The van der Waals surface area contributed by atoms with Crippen LogP contribution in [-0.4, -0.2) is 29.7 Å². The number of hydrogen-bond acceptors (Lipinski definition) is 5. The summed E-state index contributed by atoms with van der Waals surface area (Å²) in [5.74, 6) is -1.71.